The molecule has 0 unspecified atom stereocenters. The summed E-state index contributed by atoms with van der Waals surface area (Å²) in [7, 11) is 0. The van der Waals surface area contributed by atoms with Crippen molar-refractivity contribution in [1.82, 2.24) is 19.3 Å². The van der Waals surface area contributed by atoms with Gasteiger partial charge in [-0.3, -0.25) is 14.2 Å². The number of aromatic nitrogens is 4. The molecule has 4 rings (SSSR count). The Morgan fingerprint density at radius 3 is 2.71 bits per heavy atom. The average molecular weight is 393 g/mol. The monoisotopic (exact) mass is 392 g/mol. The lowest BCUT2D eigenvalue weighted by molar-refractivity contribution is 0.0970. The van der Waals surface area contributed by atoms with Crippen LogP contribution >= 0.6 is 11.6 Å². The third-order valence-electron chi connectivity index (χ3n) is 4.60. The first-order valence-electron chi connectivity index (χ1n) is 8.73. The van der Waals surface area contributed by atoms with E-state index in [1.165, 1.54) is 17.1 Å². The quantitative estimate of drug-likeness (QED) is 0.496. The number of nitrogens with zero attached hydrogens (tertiary/aromatic N) is 4. The smallest absolute Gasteiger partial charge is 0.264 e. The number of Topliss-reactive ketones (excluding diaryl/α,β-unsaturated/α-hetero) is 1. The maximum atomic E-state index is 12.8. The van der Waals surface area contributed by atoms with Crippen LogP contribution in [-0.2, 0) is 6.54 Å². The van der Waals surface area contributed by atoms with E-state index in [-0.39, 0.29) is 17.9 Å². The van der Waals surface area contributed by atoms with Gasteiger partial charge in [-0.05, 0) is 37.6 Å². The van der Waals surface area contributed by atoms with Gasteiger partial charge in [0, 0.05) is 10.6 Å². The molecule has 0 amide bonds. The molecule has 0 aliphatic rings. The lowest BCUT2D eigenvalue weighted by Crippen LogP contribution is -2.25. The van der Waals surface area contributed by atoms with Gasteiger partial charge in [0.2, 0.25) is 0 Å². The van der Waals surface area contributed by atoms with Crippen LogP contribution in [0.5, 0.6) is 0 Å². The lowest BCUT2D eigenvalue weighted by Gasteiger charge is -2.08. The van der Waals surface area contributed by atoms with Crippen LogP contribution < -0.4 is 5.56 Å². The van der Waals surface area contributed by atoms with Crippen molar-refractivity contribution in [2.45, 2.75) is 20.4 Å². The summed E-state index contributed by atoms with van der Waals surface area (Å²) in [6.45, 7) is 3.79. The zero-order chi connectivity index (χ0) is 19.8. The minimum Gasteiger partial charge on any atom is -0.292 e. The second-order valence-corrected chi connectivity index (χ2v) is 7.13. The van der Waals surface area contributed by atoms with Gasteiger partial charge in [-0.1, -0.05) is 41.4 Å². The SMILES string of the molecule is Cc1ccc(C(=O)Cn2cnc3c(cnn3-c3cccc(Cl)c3)c2=O)c(C)c1. The molecule has 28 heavy (non-hydrogen) atoms. The summed E-state index contributed by atoms with van der Waals surface area (Å²) < 4.78 is 2.87. The van der Waals surface area contributed by atoms with Crippen LogP contribution in [-0.4, -0.2) is 25.1 Å². The fraction of sp³-hybridized carbons (Fsp3) is 0.143. The summed E-state index contributed by atoms with van der Waals surface area (Å²) >= 11 is 6.04. The zero-order valence-electron chi connectivity index (χ0n) is 15.4. The molecule has 6 nitrogen and oxygen atoms in total. The van der Waals surface area contributed by atoms with E-state index in [1.807, 2.05) is 32.0 Å². The number of rotatable bonds is 4. The number of hydrogen-bond donors (Lipinski definition) is 0. The molecule has 0 radical (unpaired) electrons. The largest absolute Gasteiger partial charge is 0.292 e. The van der Waals surface area contributed by atoms with E-state index >= 15 is 0 Å². The molecule has 0 fully saturated rings. The second kappa shape index (κ2) is 7.05. The van der Waals surface area contributed by atoms with Crippen molar-refractivity contribution >= 4 is 28.4 Å². The number of carbonyl (C=O) groups excluding carboxylic acids is 1. The zero-order valence-corrected chi connectivity index (χ0v) is 16.1. The van der Waals surface area contributed by atoms with Crippen molar-refractivity contribution in [2.75, 3.05) is 0 Å². The van der Waals surface area contributed by atoms with Crippen molar-refractivity contribution in [1.29, 1.82) is 0 Å². The number of benzene rings is 2. The maximum absolute atomic E-state index is 12.8. The summed E-state index contributed by atoms with van der Waals surface area (Å²) in [5.41, 5.74) is 3.40. The fourth-order valence-corrected chi connectivity index (χ4v) is 3.41. The van der Waals surface area contributed by atoms with Crippen LogP contribution in [0, 0.1) is 13.8 Å². The van der Waals surface area contributed by atoms with E-state index in [9.17, 15) is 9.59 Å². The molecule has 0 bridgehead atoms. The van der Waals surface area contributed by atoms with Gasteiger partial charge < -0.3 is 0 Å². The lowest BCUT2D eigenvalue weighted by atomic mass is 10.0. The highest BCUT2D eigenvalue weighted by Crippen LogP contribution is 2.18. The van der Waals surface area contributed by atoms with Gasteiger partial charge in [0.1, 0.15) is 11.7 Å². The summed E-state index contributed by atoms with van der Waals surface area (Å²) in [6.07, 6.45) is 2.85. The Morgan fingerprint density at radius 1 is 1.14 bits per heavy atom. The summed E-state index contributed by atoms with van der Waals surface area (Å²) in [5.74, 6) is -0.136. The van der Waals surface area contributed by atoms with Crippen molar-refractivity contribution in [2.24, 2.45) is 0 Å². The van der Waals surface area contributed by atoms with E-state index in [0.717, 1.165) is 11.1 Å². The highest BCUT2D eigenvalue weighted by molar-refractivity contribution is 6.30. The number of halogens is 1. The molecule has 0 saturated heterocycles. The molecule has 4 aromatic rings. The van der Waals surface area contributed by atoms with Gasteiger partial charge in [0.05, 0.1) is 18.4 Å². The van der Waals surface area contributed by atoms with Crippen LogP contribution in [0.25, 0.3) is 16.7 Å². The fourth-order valence-electron chi connectivity index (χ4n) is 3.22. The van der Waals surface area contributed by atoms with Gasteiger partial charge in [-0.15, -0.1) is 0 Å². The Kier molecular flexibility index (Phi) is 4.57. The van der Waals surface area contributed by atoms with Gasteiger partial charge >= 0.3 is 0 Å². The molecule has 7 heteroatoms. The molecular weight excluding hydrogens is 376 g/mol. The van der Waals surface area contributed by atoms with Gasteiger partial charge in [-0.25, -0.2) is 9.67 Å². The molecule has 0 saturated carbocycles. The van der Waals surface area contributed by atoms with Gasteiger partial charge in [-0.2, -0.15) is 5.10 Å². The number of hydrogen-bond acceptors (Lipinski definition) is 4. The summed E-state index contributed by atoms with van der Waals surface area (Å²) in [6, 6.07) is 12.8. The van der Waals surface area contributed by atoms with Crippen LogP contribution in [0.3, 0.4) is 0 Å². The molecule has 0 atom stereocenters. The van der Waals surface area contributed by atoms with Crippen LogP contribution in [0.4, 0.5) is 0 Å². The Bertz CT molecular complexity index is 1270. The van der Waals surface area contributed by atoms with E-state index in [0.29, 0.717) is 27.3 Å². The first kappa shape index (κ1) is 18.1. The molecule has 2 heterocycles. The van der Waals surface area contributed by atoms with Gasteiger partial charge in [0.25, 0.3) is 5.56 Å². The number of carbonyl (C=O) groups is 1. The summed E-state index contributed by atoms with van der Waals surface area (Å²) in [5, 5.41) is 5.17. The standard InChI is InChI=1S/C21H17ClN4O2/c1-13-6-7-17(14(2)8-13)19(27)11-25-12-23-20-18(21(25)28)10-24-26(20)16-5-3-4-15(22)9-16/h3-10,12H,11H2,1-2H3. The number of ketones is 1. The van der Waals surface area contributed by atoms with Crippen molar-refractivity contribution in [3.05, 3.63) is 87.1 Å². The molecule has 0 N–H and O–H groups in total. The van der Waals surface area contributed by atoms with Crippen molar-refractivity contribution in [3.8, 4) is 5.69 Å². The normalized spacial score (nSPS) is 11.1. The molecule has 2 aromatic carbocycles. The maximum Gasteiger partial charge on any atom is 0.264 e. The highest BCUT2D eigenvalue weighted by atomic mass is 35.5. The second-order valence-electron chi connectivity index (χ2n) is 6.69. The summed E-state index contributed by atoms with van der Waals surface area (Å²) in [4.78, 5) is 29.9. The predicted octanol–water partition coefficient (Wildman–Crippen LogP) is 3.74. The minimum absolute atomic E-state index is 0.0754. The van der Waals surface area contributed by atoms with E-state index in [1.54, 1.807) is 28.9 Å². The third kappa shape index (κ3) is 3.23. The van der Waals surface area contributed by atoms with E-state index < -0.39 is 0 Å². The molecule has 0 aliphatic heterocycles. The predicted molar refractivity (Wildman–Crippen MR) is 108 cm³/mol. The topological polar surface area (TPSA) is 69.8 Å². The van der Waals surface area contributed by atoms with Crippen molar-refractivity contribution < 1.29 is 4.79 Å². The van der Waals surface area contributed by atoms with E-state index in [4.69, 9.17) is 11.6 Å². The number of fused-ring (bicyclic) bond motifs is 1. The Balaban J connectivity index is 1.71. The van der Waals surface area contributed by atoms with E-state index in [2.05, 4.69) is 10.1 Å². The molecule has 2 aromatic heterocycles. The highest BCUT2D eigenvalue weighted by Gasteiger charge is 2.15. The minimum atomic E-state index is -0.309. The molecule has 0 spiro atoms. The molecule has 140 valence electrons. The Labute approximate surface area is 166 Å². The van der Waals surface area contributed by atoms with Crippen molar-refractivity contribution in [3.63, 3.8) is 0 Å². The van der Waals surface area contributed by atoms with Crippen LogP contribution in [0.15, 0.2) is 59.8 Å². The first-order valence-corrected chi connectivity index (χ1v) is 9.11. The van der Waals surface area contributed by atoms with Crippen LogP contribution in [0.1, 0.15) is 21.5 Å². The van der Waals surface area contributed by atoms with Crippen LogP contribution in [0.2, 0.25) is 5.02 Å². The Morgan fingerprint density at radius 2 is 1.96 bits per heavy atom. The average Bonchev–Trinajstić information content (AvgIpc) is 3.09. The Hall–Kier alpha value is -3.25. The third-order valence-corrected chi connectivity index (χ3v) is 4.84. The van der Waals surface area contributed by atoms with Gasteiger partial charge in [0.15, 0.2) is 11.4 Å². The number of aryl methyl sites for hydroxylation is 2. The first-order chi connectivity index (χ1) is 13.4. The molecular formula is C21H17ClN4O2. The molecule has 0 aliphatic carbocycles.